The lowest BCUT2D eigenvalue weighted by Crippen LogP contribution is -2.31. The van der Waals surface area contributed by atoms with Gasteiger partial charge in [-0.2, -0.15) is 0 Å². The van der Waals surface area contributed by atoms with Gasteiger partial charge in [0.1, 0.15) is 6.61 Å². The summed E-state index contributed by atoms with van der Waals surface area (Å²) in [6, 6.07) is 16.1. The van der Waals surface area contributed by atoms with E-state index in [0.717, 1.165) is 11.1 Å². The molecule has 0 heterocycles. The quantitative estimate of drug-likeness (QED) is 0.711. The van der Waals surface area contributed by atoms with Crippen LogP contribution in [0.4, 0.5) is 0 Å². The zero-order valence-electron chi connectivity index (χ0n) is 14.1. The summed E-state index contributed by atoms with van der Waals surface area (Å²) in [4.78, 5) is 23.1. The molecule has 0 aliphatic carbocycles. The molecule has 0 aromatic heterocycles. The molecule has 0 bridgehead atoms. The van der Waals surface area contributed by atoms with Crippen molar-refractivity contribution >= 4 is 11.9 Å². The predicted molar refractivity (Wildman–Crippen MR) is 93.8 cm³/mol. The van der Waals surface area contributed by atoms with Gasteiger partial charge in [-0.3, -0.25) is 4.79 Å². The predicted octanol–water partition coefficient (Wildman–Crippen LogP) is 1.81. The second kappa shape index (κ2) is 9.56. The lowest BCUT2D eigenvalue weighted by atomic mass is 10.1. The molecule has 2 aromatic rings. The molecule has 0 aliphatic rings. The molecule has 0 radical (unpaired) electrons. The minimum atomic E-state index is -0.389. The Labute approximate surface area is 146 Å². The van der Waals surface area contributed by atoms with Crippen LogP contribution in [0.5, 0.6) is 0 Å². The lowest BCUT2D eigenvalue weighted by Gasteiger charge is -2.13. The highest BCUT2D eigenvalue weighted by Gasteiger charge is 2.10. The largest absolute Gasteiger partial charge is 0.465 e. The molecular formula is C19H22N2O4. The monoisotopic (exact) mass is 342 g/mol. The smallest absolute Gasteiger partial charge is 0.337 e. The Morgan fingerprint density at radius 3 is 2.40 bits per heavy atom. The SMILES string of the molecule is COC(=O)c1ccc(C(N)CNCC(=O)OCc2ccccc2)cc1. The van der Waals surface area contributed by atoms with Crippen molar-refractivity contribution in [2.75, 3.05) is 20.2 Å². The van der Waals surface area contributed by atoms with Crippen LogP contribution < -0.4 is 11.1 Å². The van der Waals surface area contributed by atoms with Crippen LogP contribution in [0.3, 0.4) is 0 Å². The molecule has 0 fully saturated rings. The highest BCUT2D eigenvalue weighted by atomic mass is 16.5. The van der Waals surface area contributed by atoms with E-state index in [1.54, 1.807) is 24.3 Å². The molecule has 2 aromatic carbocycles. The molecular weight excluding hydrogens is 320 g/mol. The molecule has 1 unspecified atom stereocenters. The van der Waals surface area contributed by atoms with Crippen molar-refractivity contribution in [2.24, 2.45) is 5.73 Å². The number of carbonyl (C=O) groups excluding carboxylic acids is 2. The Morgan fingerprint density at radius 1 is 1.08 bits per heavy atom. The maximum Gasteiger partial charge on any atom is 0.337 e. The van der Waals surface area contributed by atoms with E-state index < -0.39 is 0 Å². The topological polar surface area (TPSA) is 90.6 Å². The van der Waals surface area contributed by atoms with Crippen molar-refractivity contribution in [3.63, 3.8) is 0 Å². The number of nitrogens with one attached hydrogen (secondary N) is 1. The minimum absolute atomic E-state index is 0.0841. The van der Waals surface area contributed by atoms with Gasteiger partial charge in [-0.15, -0.1) is 0 Å². The van der Waals surface area contributed by atoms with Crippen molar-refractivity contribution in [3.05, 3.63) is 71.3 Å². The Balaban J connectivity index is 1.71. The van der Waals surface area contributed by atoms with Crippen LogP contribution in [0, 0.1) is 0 Å². The van der Waals surface area contributed by atoms with Gasteiger partial charge in [0.15, 0.2) is 0 Å². The van der Waals surface area contributed by atoms with Crippen molar-refractivity contribution in [1.29, 1.82) is 0 Å². The van der Waals surface area contributed by atoms with E-state index in [-0.39, 0.29) is 31.1 Å². The molecule has 0 amide bonds. The third kappa shape index (κ3) is 6.02. The lowest BCUT2D eigenvalue weighted by molar-refractivity contribution is -0.143. The third-order valence-electron chi connectivity index (χ3n) is 3.64. The summed E-state index contributed by atoms with van der Waals surface area (Å²) in [6.07, 6.45) is 0. The fourth-order valence-corrected chi connectivity index (χ4v) is 2.22. The molecule has 3 N–H and O–H groups in total. The van der Waals surface area contributed by atoms with Gasteiger partial charge in [0, 0.05) is 12.6 Å². The van der Waals surface area contributed by atoms with Crippen LogP contribution in [0.25, 0.3) is 0 Å². The van der Waals surface area contributed by atoms with Crippen molar-refractivity contribution in [1.82, 2.24) is 5.32 Å². The second-order valence-corrected chi connectivity index (χ2v) is 5.50. The molecule has 0 aliphatic heterocycles. The van der Waals surface area contributed by atoms with Gasteiger partial charge in [0.25, 0.3) is 0 Å². The number of rotatable bonds is 8. The maximum atomic E-state index is 11.7. The first-order chi connectivity index (χ1) is 12.1. The Morgan fingerprint density at radius 2 is 1.76 bits per heavy atom. The number of methoxy groups -OCH3 is 1. The summed E-state index contributed by atoms with van der Waals surface area (Å²) < 4.78 is 9.83. The summed E-state index contributed by atoms with van der Waals surface area (Å²) >= 11 is 0. The van der Waals surface area contributed by atoms with Crippen LogP contribution in [0.2, 0.25) is 0 Å². The number of nitrogens with two attached hydrogens (primary N) is 1. The number of esters is 2. The zero-order valence-corrected chi connectivity index (χ0v) is 14.1. The van der Waals surface area contributed by atoms with E-state index in [4.69, 9.17) is 10.5 Å². The van der Waals surface area contributed by atoms with Crippen LogP contribution >= 0.6 is 0 Å². The molecule has 6 heteroatoms. The number of hydrogen-bond acceptors (Lipinski definition) is 6. The van der Waals surface area contributed by atoms with Gasteiger partial charge < -0.3 is 20.5 Å². The minimum Gasteiger partial charge on any atom is -0.465 e. The standard InChI is InChI=1S/C19H22N2O4/c1-24-19(23)16-9-7-15(8-10-16)17(20)11-21-12-18(22)25-13-14-5-3-2-4-6-14/h2-10,17,21H,11-13,20H2,1H3. The summed E-state index contributed by atoms with van der Waals surface area (Å²) in [5.74, 6) is -0.725. The van der Waals surface area contributed by atoms with E-state index >= 15 is 0 Å². The molecule has 2 rings (SSSR count). The molecule has 0 saturated heterocycles. The first-order valence-electron chi connectivity index (χ1n) is 7.94. The highest BCUT2D eigenvalue weighted by molar-refractivity contribution is 5.89. The fraction of sp³-hybridized carbons (Fsp3) is 0.263. The van der Waals surface area contributed by atoms with Crippen LogP contribution in [0.15, 0.2) is 54.6 Å². The average molecular weight is 342 g/mol. The number of benzene rings is 2. The summed E-state index contributed by atoms with van der Waals surface area (Å²) in [7, 11) is 1.34. The van der Waals surface area contributed by atoms with Gasteiger partial charge in [-0.1, -0.05) is 42.5 Å². The molecule has 132 valence electrons. The second-order valence-electron chi connectivity index (χ2n) is 5.50. The number of carbonyl (C=O) groups is 2. The third-order valence-corrected chi connectivity index (χ3v) is 3.64. The average Bonchev–Trinajstić information content (AvgIpc) is 2.66. The Bertz CT molecular complexity index is 686. The number of ether oxygens (including phenoxy) is 2. The normalized spacial score (nSPS) is 11.6. The van der Waals surface area contributed by atoms with Crippen molar-refractivity contribution in [3.8, 4) is 0 Å². The van der Waals surface area contributed by atoms with Crippen LogP contribution in [-0.4, -0.2) is 32.1 Å². The summed E-state index contributed by atoms with van der Waals surface area (Å²) in [5.41, 5.74) is 8.34. The van der Waals surface area contributed by atoms with Crippen molar-refractivity contribution in [2.45, 2.75) is 12.6 Å². The van der Waals surface area contributed by atoms with Gasteiger partial charge in [-0.05, 0) is 23.3 Å². The van der Waals surface area contributed by atoms with Crippen LogP contribution in [-0.2, 0) is 20.9 Å². The van der Waals surface area contributed by atoms with Gasteiger partial charge in [0.05, 0.1) is 19.2 Å². The van der Waals surface area contributed by atoms with Crippen LogP contribution in [0.1, 0.15) is 27.5 Å². The molecule has 1 atom stereocenters. The van der Waals surface area contributed by atoms with E-state index in [9.17, 15) is 9.59 Å². The highest BCUT2D eigenvalue weighted by Crippen LogP contribution is 2.11. The Kier molecular flexibility index (Phi) is 7.13. The first kappa shape index (κ1) is 18.6. The first-order valence-corrected chi connectivity index (χ1v) is 7.94. The molecule has 0 spiro atoms. The van der Waals surface area contributed by atoms with Gasteiger partial charge in [-0.25, -0.2) is 4.79 Å². The van der Waals surface area contributed by atoms with Crippen molar-refractivity contribution < 1.29 is 19.1 Å². The van der Waals surface area contributed by atoms with E-state index in [2.05, 4.69) is 10.1 Å². The van der Waals surface area contributed by atoms with Gasteiger partial charge >= 0.3 is 11.9 Å². The summed E-state index contributed by atoms with van der Waals surface area (Å²) in [6.45, 7) is 0.751. The maximum absolute atomic E-state index is 11.7. The fourth-order valence-electron chi connectivity index (χ4n) is 2.22. The van der Waals surface area contributed by atoms with E-state index in [0.29, 0.717) is 12.1 Å². The van der Waals surface area contributed by atoms with Gasteiger partial charge in [0.2, 0.25) is 0 Å². The molecule has 6 nitrogen and oxygen atoms in total. The summed E-state index contributed by atoms with van der Waals surface area (Å²) in [5, 5.41) is 2.98. The molecule has 0 saturated carbocycles. The molecule has 25 heavy (non-hydrogen) atoms. The van der Waals surface area contributed by atoms with E-state index in [1.807, 2.05) is 30.3 Å². The number of hydrogen-bond donors (Lipinski definition) is 2. The van der Waals surface area contributed by atoms with E-state index in [1.165, 1.54) is 7.11 Å². The Hall–Kier alpha value is -2.70. The zero-order chi connectivity index (χ0) is 18.1.